The van der Waals surface area contributed by atoms with Crippen LogP contribution in [0.1, 0.15) is 50.5 Å². The van der Waals surface area contributed by atoms with Crippen molar-refractivity contribution in [2.24, 2.45) is 0 Å². The monoisotopic (exact) mass is 328 g/mol. The maximum absolute atomic E-state index is 7.12. The van der Waals surface area contributed by atoms with Gasteiger partial charge in [-0.05, 0) is 23.2 Å². The average Bonchev–Trinajstić information content (AvgIpc) is 2.82. The molecule has 2 fully saturated rings. The summed E-state index contributed by atoms with van der Waals surface area (Å²) in [5.41, 5.74) is 3.23. The highest BCUT2D eigenvalue weighted by Crippen LogP contribution is 2.54. The lowest BCUT2D eigenvalue weighted by molar-refractivity contribution is 0.445. The number of benzene rings is 1. The van der Waals surface area contributed by atoms with Crippen molar-refractivity contribution in [1.82, 2.24) is 0 Å². The Balaban J connectivity index is 1.80. The summed E-state index contributed by atoms with van der Waals surface area (Å²) >= 11 is 7.12. The summed E-state index contributed by atoms with van der Waals surface area (Å²) in [5.74, 6) is 1.92. The molecular weight excluding hydrogens is 303 g/mol. The molecule has 1 atom stereocenters. The molecule has 0 aromatic heterocycles. The number of hydrogen-bond donors (Lipinski definition) is 0. The Labute approximate surface area is 141 Å². The third-order valence-electron chi connectivity index (χ3n) is 6.49. The third kappa shape index (κ3) is 2.53. The fourth-order valence-corrected chi connectivity index (χ4v) is 9.32. The predicted molar refractivity (Wildman–Crippen MR) is 101 cm³/mol. The molecule has 0 radical (unpaired) electrons. The lowest BCUT2D eigenvalue weighted by Crippen LogP contribution is -2.37. The number of halogens is 1. The second-order valence-corrected chi connectivity index (χ2v) is 13.8. The molecule has 0 nitrogen and oxygen atoms in total. The van der Waals surface area contributed by atoms with Crippen molar-refractivity contribution in [2.75, 3.05) is 0 Å². The van der Waals surface area contributed by atoms with Gasteiger partial charge in [0.25, 0.3) is 0 Å². The summed E-state index contributed by atoms with van der Waals surface area (Å²) in [6, 6.07) is 12.3. The number of rotatable bonds is 2. The standard InChI is InChI=1S/C19H26BClSi/c1-22(21)14-13-18(19(22)15-7-3-2-4-8-15)20-16-9-5-10-17(20)12-6-11-16/h2-4,7-8,16-17H,5-6,9-14H2,1H3. The number of hydrogen-bond acceptors (Lipinski definition) is 0. The van der Waals surface area contributed by atoms with E-state index < -0.39 is 7.38 Å². The molecule has 1 aromatic rings. The Morgan fingerprint density at radius 3 is 2.18 bits per heavy atom. The van der Waals surface area contributed by atoms with Crippen LogP contribution in [0.25, 0.3) is 5.20 Å². The molecule has 2 saturated heterocycles. The smallest absolute Gasteiger partial charge is 0.161 e. The highest BCUT2D eigenvalue weighted by Gasteiger charge is 2.47. The second kappa shape index (κ2) is 5.87. The first-order valence-electron chi connectivity index (χ1n) is 9.15. The van der Waals surface area contributed by atoms with Crippen molar-refractivity contribution in [3.8, 4) is 0 Å². The summed E-state index contributed by atoms with van der Waals surface area (Å²) in [7, 11) is -1.75. The van der Waals surface area contributed by atoms with Crippen molar-refractivity contribution >= 4 is 30.4 Å². The summed E-state index contributed by atoms with van der Waals surface area (Å²) in [5, 5.41) is 1.62. The van der Waals surface area contributed by atoms with E-state index >= 15 is 0 Å². The van der Waals surface area contributed by atoms with Crippen molar-refractivity contribution in [2.45, 2.75) is 69.2 Å². The van der Waals surface area contributed by atoms with Gasteiger partial charge in [-0.15, -0.1) is 0 Å². The lowest BCUT2D eigenvalue weighted by Gasteiger charge is -2.42. The van der Waals surface area contributed by atoms with Crippen LogP contribution in [0.2, 0.25) is 24.2 Å². The molecule has 0 aliphatic carbocycles. The Morgan fingerprint density at radius 1 is 1.00 bits per heavy atom. The normalized spacial score (nSPS) is 35.1. The van der Waals surface area contributed by atoms with Crippen LogP contribution in [0.3, 0.4) is 0 Å². The molecule has 3 aliphatic heterocycles. The van der Waals surface area contributed by atoms with E-state index in [1.165, 1.54) is 56.6 Å². The molecule has 0 saturated carbocycles. The molecule has 3 aliphatic rings. The highest BCUT2D eigenvalue weighted by atomic mass is 35.6. The SMILES string of the molecule is C[Si]1(Cl)CCC(B2C3CCCC2CCC3)=C1c1ccccc1. The molecule has 1 aromatic carbocycles. The molecule has 3 heterocycles. The van der Waals surface area contributed by atoms with E-state index in [2.05, 4.69) is 36.9 Å². The number of allylic oxidation sites excluding steroid dienone is 1. The van der Waals surface area contributed by atoms with Crippen LogP contribution in [0.4, 0.5) is 0 Å². The number of fused-ring (bicyclic) bond motifs is 2. The first-order chi connectivity index (χ1) is 10.7. The fourth-order valence-electron chi connectivity index (χ4n) is 5.62. The van der Waals surface area contributed by atoms with Gasteiger partial charge in [0.05, 0.1) is 0 Å². The van der Waals surface area contributed by atoms with E-state index in [-0.39, 0.29) is 0 Å². The summed E-state index contributed by atoms with van der Waals surface area (Å²) in [4.78, 5) is 0. The van der Waals surface area contributed by atoms with E-state index in [1.807, 2.05) is 0 Å². The van der Waals surface area contributed by atoms with Crippen LogP contribution in [-0.4, -0.2) is 14.1 Å². The predicted octanol–water partition coefficient (Wildman–Crippen LogP) is 6.34. The van der Waals surface area contributed by atoms with Crippen molar-refractivity contribution in [3.63, 3.8) is 0 Å². The van der Waals surface area contributed by atoms with Crippen molar-refractivity contribution < 1.29 is 0 Å². The lowest BCUT2D eigenvalue weighted by atomic mass is 9.24. The van der Waals surface area contributed by atoms with E-state index in [0.717, 1.165) is 18.3 Å². The summed E-state index contributed by atoms with van der Waals surface area (Å²) in [6.07, 6.45) is 10.1. The molecule has 3 heteroatoms. The Kier molecular flexibility index (Phi) is 4.02. The molecule has 0 amide bonds. The Bertz CT molecular complexity index is 558. The van der Waals surface area contributed by atoms with Crippen LogP contribution >= 0.6 is 11.1 Å². The first-order valence-corrected chi connectivity index (χ1v) is 12.9. The highest BCUT2D eigenvalue weighted by molar-refractivity contribution is 7.30. The van der Waals surface area contributed by atoms with Crippen LogP contribution in [0.5, 0.6) is 0 Å². The van der Waals surface area contributed by atoms with E-state index in [4.69, 9.17) is 11.1 Å². The van der Waals surface area contributed by atoms with E-state index in [1.54, 1.807) is 10.7 Å². The fraction of sp³-hybridized carbons (Fsp3) is 0.579. The average molecular weight is 329 g/mol. The molecule has 0 N–H and O–H groups in total. The molecule has 1 unspecified atom stereocenters. The van der Waals surface area contributed by atoms with Gasteiger partial charge in [-0.3, -0.25) is 0 Å². The van der Waals surface area contributed by atoms with Crippen LogP contribution in [-0.2, 0) is 0 Å². The van der Waals surface area contributed by atoms with Crippen molar-refractivity contribution in [1.29, 1.82) is 0 Å². The molecule has 0 spiro atoms. The molecule has 22 heavy (non-hydrogen) atoms. The molecule has 4 rings (SSSR count). The van der Waals surface area contributed by atoms with Crippen LogP contribution < -0.4 is 0 Å². The summed E-state index contributed by atoms with van der Waals surface area (Å²) in [6.45, 7) is 3.24. The van der Waals surface area contributed by atoms with Gasteiger partial charge in [-0.25, -0.2) is 0 Å². The van der Waals surface area contributed by atoms with Gasteiger partial charge in [0.1, 0.15) is 0 Å². The minimum absolute atomic E-state index is 0.866. The summed E-state index contributed by atoms with van der Waals surface area (Å²) < 4.78 is 0. The van der Waals surface area contributed by atoms with Gasteiger partial charge in [0.15, 0.2) is 14.1 Å². The minimum atomic E-state index is -1.75. The molecule has 2 bridgehead atoms. The third-order valence-corrected chi connectivity index (χ3v) is 10.5. The van der Waals surface area contributed by atoms with Crippen LogP contribution in [0, 0.1) is 0 Å². The van der Waals surface area contributed by atoms with Gasteiger partial charge in [-0.2, -0.15) is 11.1 Å². The largest absolute Gasteiger partial charge is 0.183 e. The quantitative estimate of drug-likeness (QED) is 0.439. The first kappa shape index (κ1) is 15.1. The Hall–Kier alpha value is -0.468. The maximum atomic E-state index is 7.12. The van der Waals surface area contributed by atoms with Gasteiger partial charge in [0, 0.05) is 0 Å². The van der Waals surface area contributed by atoms with Gasteiger partial charge >= 0.3 is 0 Å². The zero-order valence-corrected chi connectivity index (χ0v) is 15.4. The zero-order valence-electron chi connectivity index (χ0n) is 13.7. The van der Waals surface area contributed by atoms with Gasteiger partial charge < -0.3 is 0 Å². The molecular formula is C19H26BClSi. The van der Waals surface area contributed by atoms with E-state index in [9.17, 15) is 0 Å². The molecule has 116 valence electrons. The topological polar surface area (TPSA) is 0 Å². The van der Waals surface area contributed by atoms with Crippen molar-refractivity contribution in [3.05, 3.63) is 41.4 Å². The minimum Gasteiger partial charge on any atom is -0.161 e. The zero-order chi connectivity index (χ0) is 15.2. The van der Waals surface area contributed by atoms with Crippen LogP contribution in [0.15, 0.2) is 35.8 Å². The Morgan fingerprint density at radius 2 is 1.59 bits per heavy atom. The van der Waals surface area contributed by atoms with Gasteiger partial charge in [-0.1, -0.05) is 92.5 Å². The second-order valence-electron chi connectivity index (χ2n) is 7.87. The maximum Gasteiger partial charge on any atom is 0.183 e. The van der Waals surface area contributed by atoms with E-state index in [0.29, 0.717) is 0 Å². The van der Waals surface area contributed by atoms with Gasteiger partial charge in [0.2, 0.25) is 0 Å².